The molecule has 3 aromatic rings. The van der Waals surface area contributed by atoms with Gasteiger partial charge >= 0.3 is 6.03 Å². The number of urea groups is 1. The Bertz CT molecular complexity index is 1130. The molecule has 6 nitrogen and oxygen atoms in total. The van der Waals surface area contributed by atoms with E-state index in [9.17, 15) is 14.4 Å². The molecule has 2 N–H and O–H groups in total. The van der Waals surface area contributed by atoms with Gasteiger partial charge < -0.3 is 10.6 Å². The van der Waals surface area contributed by atoms with Crippen molar-refractivity contribution in [1.29, 1.82) is 0 Å². The van der Waals surface area contributed by atoms with Gasteiger partial charge in [0.2, 0.25) is 5.91 Å². The second-order valence-corrected chi connectivity index (χ2v) is 8.90. The third-order valence-electron chi connectivity index (χ3n) is 6.16. The third kappa shape index (κ3) is 4.97. The maximum atomic E-state index is 13.0. The molecule has 4 amide bonds. The van der Waals surface area contributed by atoms with Crippen molar-refractivity contribution < 1.29 is 14.4 Å². The summed E-state index contributed by atoms with van der Waals surface area (Å²) >= 11 is 5.94. The molecule has 0 aromatic heterocycles. The van der Waals surface area contributed by atoms with Gasteiger partial charge in [0.05, 0.1) is 0 Å². The third-order valence-corrected chi connectivity index (χ3v) is 6.41. The number of hydrogen-bond acceptors (Lipinski definition) is 3. The first-order chi connectivity index (χ1) is 16.4. The van der Waals surface area contributed by atoms with Crippen LogP contribution >= 0.6 is 11.6 Å². The highest BCUT2D eigenvalue weighted by Crippen LogP contribution is 2.30. The van der Waals surface area contributed by atoms with E-state index in [4.69, 9.17) is 11.6 Å². The molecule has 0 unspecified atom stereocenters. The van der Waals surface area contributed by atoms with E-state index in [1.807, 2.05) is 36.4 Å². The molecule has 7 heteroatoms. The Morgan fingerprint density at radius 2 is 1.50 bits per heavy atom. The summed E-state index contributed by atoms with van der Waals surface area (Å²) in [6, 6.07) is 26.4. The summed E-state index contributed by atoms with van der Waals surface area (Å²) in [6.07, 6.45) is 0.683. The lowest BCUT2D eigenvalue weighted by molar-refractivity contribution is -0.134. The van der Waals surface area contributed by atoms with Crippen molar-refractivity contribution in [2.24, 2.45) is 0 Å². The molecule has 1 heterocycles. The van der Waals surface area contributed by atoms with Gasteiger partial charge in [0.25, 0.3) is 5.91 Å². The molecular weight excluding hydrogens is 450 g/mol. The smallest absolute Gasteiger partial charge is 0.325 e. The molecule has 0 aliphatic carbocycles. The quantitative estimate of drug-likeness (QED) is 0.472. The summed E-state index contributed by atoms with van der Waals surface area (Å²) in [5.41, 5.74) is 1.69. The van der Waals surface area contributed by atoms with Crippen LogP contribution < -0.4 is 10.6 Å². The normalized spacial score (nSPS) is 17.7. The Kier molecular flexibility index (Phi) is 6.98. The van der Waals surface area contributed by atoms with Gasteiger partial charge in [-0.15, -0.1) is 0 Å². The number of carbonyl (C=O) groups is 3. The monoisotopic (exact) mass is 475 g/mol. The van der Waals surface area contributed by atoms with E-state index in [2.05, 4.69) is 34.9 Å². The number of amides is 4. The second-order valence-electron chi connectivity index (χ2n) is 8.47. The Labute approximate surface area is 203 Å². The summed E-state index contributed by atoms with van der Waals surface area (Å²) < 4.78 is 0. The summed E-state index contributed by atoms with van der Waals surface area (Å²) in [5, 5.41) is 6.10. The zero-order valence-corrected chi connectivity index (χ0v) is 19.6. The molecule has 174 valence electrons. The van der Waals surface area contributed by atoms with Gasteiger partial charge in [0.15, 0.2) is 0 Å². The van der Waals surface area contributed by atoms with Crippen molar-refractivity contribution in [1.82, 2.24) is 15.5 Å². The lowest BCUT2D eigenvalue weighted by Gasteiger charge is -2.22. The summed E-state index contributed by atoms with van der Waals surface area (Å²) in [4.78, 5) is 39.1. The van der Waals surface area contributed by atoms with E-state index in [0.29, 0.717) is 23.6 Å². The molecular formula is C27H26ClN3O3. The van der Waals surface area contributed by atoms with Crippen LogP contribution in [0.4, 0.5) is 4.79 Å². The van der Waals surface area contributed by atoms with Crippen LogP contribution in [0.3, 0.4) is 0 Å². The molecule has 0 bridgehead atoms. The Morgan fingerprint density at radius 3 is 2.06 bits per heavy atom. The van der Waals surface area contributed by atoms with Gasteiger partial charge in [-0.3, -0.25) is 14.5 Å². The molecule has 1 saturated heterocycles. The van der Waals surface area contributed by atoms with Crippen LogP contribution in [-0.4, -0.2) is 35.8 Å². The zero-order valence-electron chi connectivity index (χ0n) is 18.8. The summed E-state index contributed by atoms with van der Waals surface area (Å²) in [6.45, 7) is 1.69. The van der Waals surface area contributed by atoms with Crippen LogP contribution in [0.25, 0.3) is 0 Å². The van der Waals surface area contributed by atoms with Crippen LogP contribution in [-0.2, 0) is 15.1 Å². The molecule has 34 heavy (non-hydrogen) atoms. The van der Waals surface area contributed by atoms with Gasteiger partial charge in [-0.05, 0) is 42.2 Å². The van der Waals surface area contributed by atoms with Crippen molar-refractivity contribution in [2.75, 3.05) is 13.1 Å². The molecule has 3 aromatic carbocycles. The van der Waals surface area contributed by atoms with E-state index < -0.39 is 17.5 Å². The van der Waals surface area contributed by atoms with Crippen LogP contribution in [0, 0.1) is 0 Å². The highest BCUT2D eigenvalue weighted by molar-refractivity contribution is 6.30. The predicted octanol–water partition coefficient (Wildman–Crippen LogP) is 4.45. The maximum absolute atomic E-state index is 13.0. The average molecular weight is 476 g/mol. The Hall–Kier alpha value is -3.64. The van der Waals surface area contributed by atoms with Gasteiger partial charge in [-0.2, -0.15) is 0 Å². The molecule has 1 aliphatic rings. The molecule has 0 spiro atoms. The predicted molar refractivity (Wildman–Crippen MR) is 131 cm³/mol. The van der Waals surface area contributed by atoms with Crippen molar-refractivity contribution >= 4 is 29.4 Å². The van der Waals surface area contributed by atoms with Gasteiger partial charge in [-0.1, -0.05) is 84.4 Å². The molecule has 1 aliphatic heterocycles. The van der Waals surface area contributed by atoms with Crippen LogP contribution in [0.1, 0.15) is 36.0 Å². The number of imide groups is 1. The SMILES string of the molecule is C[C@]1(c2ccc(Cl)cc2)NC(=O)N(CC(=O)NCCC(c2ccccc2)c2ccccc2)C1=O. The summed E-state index contributed by atoms with van der Waals surface area (Å²) in [7, 11) is 0. The molecule has 0 saturated carbocycles. The van der Waals surface area contributed by atoms with Crippen molar-refractivity contribution in [3.05, 3.63) is 107 Å². The fourth-order valence-electron chi connectivity index (χ4n) is 4.27. The molecule has 1 atom stereocenters. The van der Waals surface area contributed by atoms with E-state index in [1.165, 1.54) is 0 Å². The minimum absolute atomic E-state index is 0.118. The average Bonchev–Trinajstić information content (AvgIpc) is 3.07. The summed E-state index contributed by atoms with van der Waals surface area (Å²) in [5.74, 6) is -0.738. The largest absolute Gasteiger partial charge is 0.355 e. The number of nitrogens with zero attached hydrogens (tertiary/aromatic N) is 1. The lowest BCUT2D eigenvalue weighted by Crippen LogP contribution is -2.43. The van der Waals surface area contributed by atoms with Crippen LogP contribution in [0.2, 0.25) is 5.02 Å². The Balaban J connectivity index is 1.38. The number of halogens is 1. The standard InChI is InChI=1S/C27H26ClN3O3/c1-27(21-12-14-22(28)15-13-21)25(33)31(26(34)30-27)18-24(32)29-17-16-23(19-8-4-2-5-9-19)20-10-6-3-7-11-20/h2-15,23H,16-18H2,1H3,(H,29,32)(H,30,34)/t27-/m1/s1. The Morgan fingerprint density at radius 1 is 0.941 bits per heavy atom. The van der Waals surface area contributed by atoms with E-state index in [1.54, 1.807) is 31.2 Å². The van der Waals surface area contributed by atoms with E-state index >= 15 is 0 Å². The maximum Gasteiger partial charge on any atom is 0.325 e. The zero-order chi connectivity index (χ0) is 24.1. The fourth-order valence-corrected chi connectivity index (χ4v) is 4.40. The number of benzene rings is 3. The van der Waals surface area contributed by atoms with E-state index in [-0.39, 0.29) is 18.4 Å². The molecule has 4 rings (SSSR count). The van der Waals surface area contributed by atoms with Crippen molar-refractivity contribution in [2.45, 2.75) is 24.8 Å². The van der Waals surface area contributed by atoms with E-state index in [0.717, 1.165) is 16.0 Å². The van der Waals surface area contributed by atoms with Crippen molar-refractivity contribution in [3.8, 4) is 0 Å². The second kappa shape index (κ2) is 10.1. The number of nitrogens with one attached hydrogen (secondary N) is 2. The van der Waals surface area contributed by atoms with Gasteiger partial charge in [-0.25, -0.2) is 4.79 Å². The highest BCUT2D eigenvalue weighted by Gasteiger charge is 2.49. The number of rotatable bonds is 8. The molecule has 0 radical (unpaired) electrons. The van der Waals surface area contributed by atoms with Crippen LogP contribution in [0.15, 0.2) is 84.9 Å². The fraction of sp³-hybridized carbons (Fsp3) is 0.222. The number of carbonyl (C=O) groups excluding carboxylic acids is 3. The van der Waals surface area contributed by atoms with Crippen LogP contribution in [0.5, 0.6) is 0 Å². The topological polar surface area (TPSA) is 78.5 Å². The minimum atomic E-state index is -1.24. The first-order valence-electron chi connectivity index (χ1n) is 11.2. The van der Waals surface area contributed by atoms with Crippen molar-refractivity contribution in [3.63, 3.8) is 0 Å². The first-order valence-corrected chi connectivity index (χ1v) is 11.5. The minimum Gasteiger partial charge on any atom is -0.355 e. The first kappa shape index (κ1) is 23.5. The molecule has 1 fully saturated rings. The lowest BCUT2D eigenvalue weighted by atomic mass is 9.88. The van der Waals surface area contributed by atoms with Gasteiger partial charge in [0.1, 0.15) is 12.1 Å². The van der Waals surface area contributed by atoms with Gasteiger partial charge in [0, 0.05) is 17.5 Å². The number of hydrogen-bond donors (Lipinski definition) is 2. The highest BCUT2D eigenvalue weighted by atomic mass is 35.5.